The summed E-state index contributed by atoms with van der Waals surface area (Å²) >= 11 is 13.6. The fraction of sp³-hybridized carbons (Fsp3) is 0.286. The molecule has 2 aromatic carbocycles. The summed E-state index contributed by atoms with van der Waals surface area (Å²) < 4.78 is 2.02. The van der Waals surface area contributed by atoms with Crippen molar-refractivity contribution < 1.29 is 4.79 Å². The van der Waals surface area contributed by atoms with Crippen LogP contribution >= 0.6 is 35.0 Å². The lowest BCUT2D eigenvalue weighted by molar-refractivity contribution is 0.0937. The SMILES string of the molecule is CCn1c(SCc2ccc(Cl)c(Cl)c2)nnc1[C@@H](C)NC(=O)c1cccc(C)c1. The van der Waals surface area contributed by atoms with Crippen molar-refractivity contribution in [2.45, 2.75) is 44.3 Å². The molecular weight excluding hydrogens is 427 g/mol. The predicted molar refractivity (Wildman–Crippen MR) is 119 cm³/mol. The van der Waals surface area contributed by atoms with Gasteiger partial charge in [-0.05, 0) is 50.6 Å². The number of rotatable bonds is 7. The van der Waals surface area contributed by atoms with Crippen molar-refractivity contribution in [3.05, 3.63) is 75.0 Å². The summed E-state index contributed by atoms with van der Waals surface area (Å²) in [5.74, 6) is 1.29. The maximum Gasteiger partial charge on any atom is 0.251 e. The summed E-state index contributed by atoms with van der Waals surface area (Å²) in [5, 5.41) is 13.5. The molecule has 0 saturated carbocycles. The van der Waals surface area contributed by atoms with Gasteiger partial charge in [0.2, 0.25) is 0 Å². The van der Waals surface area contributed by atoms with Crippen LogP contribution in [0, 0.1) is 6.92 Å². The summed E-state index contributed by atoms with van der Waals surface area (Å²) in [6.07, 6.45) is 0. The van der Waals surface area contributed by atoms with Gasteiger partial charge in [0, 0.05) is 17.9 Å². The van der Waals surface area contributed by atoms with E-state index >= 15 is 0 Å². The fourth-order valence-corrected chi connectivity index (χ4v) is 4.21. The van der Waals surface area contributed by atoms with E-state index in [1.54, 1.807) is 23.9 Å². The number of carbonyl (C=O) groups excluding carboxylic acids is 1. The van der Waals surface area contributed by atoms with Gasteiger partial charge in [0.05, 0.1) is 16.1 Å². The van der Waals surface area contributed by atoms with Crippen LogP contribution in [0.5, 0.6) is 0 Å². The third-order valence-corrected chi connectivity index (χ3v) is 6.21. The maximum absolute atomic E-state index is 12.6. The average Bonchev–Trinajstić information content (AvgIpc) is 3.12. The zero-order valence-electron chi connectivity index (χ0n) is 16.4. The number of amides is 1. The first-order valence-corrected chi connectivity index (χ1v) is 11.0. The highest BCUT2D eigenvalue weighted by atomic mass is 35.5. The monoisotopic (exact) mass is 448 g/mol. The van der Waals surface area contributed by atoms with Crippen molar-refractivity contribution in [3.8, 4) is 0 Å². The minimum absolute atomic E-state index is 0.128. The van der Waals surface area contributed by atoms with Gasteiger partial charge in [-0.2, -0.15) is 0 Å². The molecule has 1 amide bonds. The number of hydrogen-bond donors (Lipinski definition) is 1. The Morgan fingerprint density at radius 2 is 1.97 bits per heavy atom. The molecular formula is C21H22Cl2N4OS. The van der Waals surface area contributed by atoms with Gasteiger partial charge >= 0.3 is 0 Å². The molecule has 0 saturated heterocycles. The van der Waals surface area contributed by atoms with Crippen LogP contribution < -0.4 is 5.32 Å². The van der Waals surface area contributed by atoms with Crippen molar-refractivity contribution >= 4 is 40.9 Å². The van der Waals surface area contributed by atoms with E-state index in [0.717, 1.165) is 22.1 Å². The Balaban J connectivity index is 1.70. The number of carbonyl (C=O) groups is 1. The normalized spacial score (nSPS) is 12.0. The number of halogens is 2. The van der Waals surface area contributed by atoms with E-state index in [0.29, 0.717) is 27.9 Å². The lowest BCUT2D eigenvalue weighted by atomic mass is 10.1. The summed E-state index contributed by atoms with van der Waals surface area (Å²) in [5.41, 5.74) is 2.73. The van der Waals surface area contributed by atoms with Crippen molar-refractivity contribution in [3.63, 3.8) is 0 Å². The molecule has 0 spiro atoms. The number of thioether (sulfide) groups is 1. The topological polar surface area (TPSA) is 59.8 Å². The van der Waals surface area contributed by atoms with Crippen molar-refractivity contribution in [1.82, 2.24) is 20.1 Å². The number of nitrogens with one attached hydrogen (secondary N) is 1. The second kappa shape index (κ2) is 9.65. The van der Waals surface area contributed by atoms with Crippen LogP contribution in [0.3, 0.4) is 0 Å². The Labute approximate surface area is 184 Å². The van der Waals surface area contributed by atoms with E-state index < -0.39 is 0 Å². The zero-order chi connectivity index (χ0) is 21.0. The molecule has 0 aliphatic carbocycles. The number of benzene rings is 2. The predicted octanol–water partition coefficient (Wildman–Crippen LogP) is 5.70. The first-order chi connectivity index (χ1) is 13.9. The molecule has 0 bridgehead atoms. The third-order valence-electron chi connectivity index (χ3n) is 4.43. The van der Waals surface area contributed by atoms with Crippen molar-refractivity contribution in [2.24, 2.45) is 0 Å². The van der Waals surface area contributed by atoms with E-state index in [9.17, 15) is 4.79 Å². The molecule has 1 aromatic heterocycles. The lowest BCUT2D eigenvalue weighted by Crippen LogP contribution is -2.28. The van der Waals surface area contributed by atoms with Crippen LogP contribution in [-0.2, 0) is 12.3 Å². The van der Waals surface area contributed by atoms with Crippen molar-refractivity contribution in [2.75, 3.05) is 0 Å². The number of hydrogen-bond acceptors (Lipinski definition) is 4. The minimum Gasteiger partial charge on any atom is -0.342 e. The van der Waals surface area contributed by atoms with Gasteiger partial charge in [-0.25, -0.2) is 0 Å². The first-order valence-electron chi connectivity index (χ1n) is 9.26. The standard InChI is InChI=1S/C21H22Cl2N4OS/c1-4-27-19(14(3)24-20(28)16-7-5-6-13(2)10-16)25-26-21(27)29-12-15-8-9-17(22)18(23)11-15/h5-11,14H,4,12H2,1-3H3,(H,24,28)/t14-/m1/s1. The molecule has 3 aromatic rings. The highest BCUT2D eigenvalue weighted by Gasteiger charge is 2.19. The van der Waals surface area contributed by atoms with Crippen LogP contribution in [0.25, 0.3) is 0 Å². The van der Waals surface area contributed by atoms with E-state index in [-0.39, 0.29) is 11.9 Å². The van der Waals surface area contributed by atoms with Crippen LogP contribution in [0.2, 0.25) is 10.0 Å². The van der Waals surface area contributed by atoms with Crippen molar-refractivity contribution in [1.29, 1.82) is 0 Å². The molecule has 0 aliphatic heterocycles. The Bertz CT molecular complexity index is 1020. The zero-order valence-corrected chi connectivity index (χ0v) is 18.8. The van der Waals surface area contributed by atoms with Crippen LogP contribution in [-0.4, -0.2) is 20.7 Å². The highest BCUT2D eigenvalue weighted by molar-refractivity contribution is 7.98. The number of nitrogens with zero attached hydrogens (tertiary/aromatic N) is 3. The summed E-state index contributed by atoms with van der Waals surface area (Å²) in [7, 11) is 0. The van der Waals surface area contributed by atoms with Crippen LogP contribution in [0.1, 0.15) is 47.2 Å². The Morgan fingerprint density at radius 3 is 2.66 bits per heavy atom. The molecule has 8 heteroatoms. The third kappa shape index (κ3) is 5.32. The van der Waals surface area contributed by atoms with E-state index in [2.05, 4.69) is 15.5 Å². The van der Waals surface area contributed by atoms with Gasteiger partial charge in [-0.3, -0.25) is 4.79 Å². The fourth-order valence-electron chi connectivity index (χ4n) is 2.93. The summed E-state index contributed by atoms with van der Waals surface area (Å²) in [6, 6.07) is 12.8. The van der Waals surface area contributed by atoms with Gasteiger partial charge in [0.25, 0.3) is 5.91 Å². The van der Waals surface area contributed by atoms with E-state index in [4.69, 9.17) is 23.2 Å². The van der Waals surface area contributed by atoms with Crippen LogP contribution in [0.15, 0.2) is 47.6 Å². The Kier molecular flexibility index (Phi) is 7.22. The second-order valence-electron chi connectivity index (χ2n) is 6.69. The molecule has 0 unspecified atom stereocenters. The highest BCUT2D eigenvalue weighted by Crippen LogP contribution is 2.28. The Hall–Kier alpha value is -2.02. The largest absolute Gasteiger partial charge is 0.342 e. The molecule has 3 rings (SSSR count). The van der Waals surface area contributed by atoms with E-state index in [1.165, 1.54) is 0 Å². The second-order valence-corrected chi connectivity index (χ2v) is 8.44. The summed E-state index contributed by atoms with van der Waals surface area (Å²) in [6.45, 7) is 6.62. The number of aryl methyl sites for hydroxylation is 1. The smallest absolute Gasteiger partial charge is 0.251 e. The minimum atomic E-state index is -0.269. The van der Waals surface area contributed by atoms with Gasteiger partial charge in [0.1, 0.15) is 0 Å². The molecule has 0 radical (unpaired) electrons. The van der Waals surface area contributed by atoms with Gasteiger partial charge in [0.15, 0.2) is 11.0 Å². The van der Waals surface area contributed by atoms with Gasteiger partial charge in [-0.1, -0.05) is 58.7 Å². The Morgan fingerprint density at radius 1 is 1.17 bits per heavy atom. The molecule has 1 atom stereocenters. The number of aromatic nitrogens is 3. The van der Waals surface area contributed by atoms with E-state index in [1.807, 2.05) is 55.7 Å². The molecule has 29 heavy (non-hydrogen) atoms. The molecule has 1 N–H and O–H groups in total. The quantitative estimate of drug-likeness (QED) is 0.471. The molecule has 152 valence electrons. The summed E-state index contributed by atoms with van der Waals surface area (Å²) in [4.78, 5) is 12.6. The molecule has 0 fully saturated rings. The van der Waals surface area contributed by atoms with Crippen LogP contribution in [0.4, 0.5) is 0 Å². The molecule has 5 nitrogen and oxygen atoms in total. The first kappa shape index (κ1) is 21.7. The molecule has 0 aliphatic rings. The lowest BCUT2D eigenvalue weighted by Gasteiger charge is -2.15. The average molecular weight is 449 g/mol. The molecule has 1 heterocycles. The van der Waals surface area contributed by atoms with Gasteiger partial charge in [-0.15, -0.1) is 10.2 Å². The maximum atomic E-state index is 12.6. The van der Waals surface area contributed by atoms with Gasteiger partial charge < -0.3 is 9.88 Å².